The summed E-state index contributed by atoms with van der Waals surface area (Å²) in [6.07, 6.45) is 6.57. The van der Waals surface area contributed by atoms with Crippen molar-refractivity contribution in [3.8, 4) is 0 Å². The van der Waals surface area contributed by atoms with Crippen LogP contribution in [0.5, 0.6) is 0 Å². The fourth-order valence-corrected chi connectivity index (χ4v) is 7.80. The Balaban J connectivity index is 1.46. The third-order valence-electron chi connectivity index (χ3n) is 6.11. The molecule has 1 N–H and O–H groups in total. The van der Waals surface area contributed by atoms with Gasteiger partial charge in [0.2, 0.25) is 0 Å². The van der Waals surface area contributed by atoms with Crippen molar-refractivity contribution in [2.45, 2.75) is 73.3 Å². The van der Waals surface area contributed by atoms with E-state index in [2.05, 4.69) is 6.08 Å². The molecule has 4 aliphatic rings. The Kier molecular flexibility index (Phi) is 5.70. The predicted molar refractivity (Wildman–Crippen MR) is 104 cm³/mol. The van der Waals surface area contributed by atoms with Crippen molar-refractivity contribution in [2.24, 2.45) is 0 Å². The molecule has 0 bridgehead atoms. The lowest BCUT2D eigenvalue weighted by molar-refractivity contribution is -0.245. The molecular formula is C19H30O5S2. The largest absolute Gasteiger partial charge is 0.386 e. The van der Waals surface area contributed by atoms with Gasteiger partial charge in [-0.2, -0.15) is 0 Å². The monoisotopic (exact) mass is 402 g/mol. The summed E-state index contributed by atoms with van der Waals surface area (Å²) in [5.41, 5.74) is 0.435. The van der Waals surface area contributed by atoms with Crippen molar-refractivity contribution >= 4 is 23.5 Å². The number of aliphatic hydroxyl groups is 1. The molecule has 0 radical (unpaired) electrons. The Bertz CT molecular complexity index is 542. The highest BCUT2D eigenvalue weighted by Gasteiger charge is 2.54. The van der Waals surface area contributed by atoms with Crippen LogP contribution in [0.1, 0.15) is 45.4 Å². The van der Waals surface area contributed by atoms with Crippen LogP contribution in [0.4, 0.5) is 0 Å². The van der Waals surface area contributed by atoms with Crippen LogP contribution in [0.2, 0.25) is 0 Å². The van der Waals surface area contributed by atoms with Crippen LogP contribution < -0.4 is 0 Å². The lowest BCUT2D eigenvalue weighted by Crippen LogP contribution is -2.57. The standard InChI is InChI=1S/C19H30O5S2/c1-17(8-9-19(16(21-2)24-17)25-12-3-13-26-19)15(20)14-4-6-18(7-5-14)22-10-11-23-18/h4,15-16,20H,3,5-13H2,1-2H3/t15-,16+,17+/m1/s1. The van der Waals surface area contributed by atoms with Crippen LogP contribution in [0.25, 0.3) is 0 Å². The first-order valence-corrected chi connectivity index (χ1v) is 11.6. The molecule has 7 heteroatoms. The topological polar surface area (TPSA) is 57.2 Å². The van der Waals surface area contributed by atoms with E-state index in [1.807, 2.05) is 30.4 Å². The number of hydrogen-bond acceptors (Lipinski definition) is 7. The van der Waals surface area contributed by atoms with Gasteiger partial charge in [0.25, 0.3) is 0 Å². The molecule has 1 aliphatic carbocycles. The Morgan fingerprint density at radius 3 is 2.54 bits per heavy atom. The molecule has 26 heavy (non-hydrogen) atoms. The zero-order valence-corrected chi connectivity index (χ0v) is 17.3. The minimum atomic E-state index is -0.616. The van der Waals surface area contributed by atoms with Gasteiger partial charge in [-0.1, -0.05) is 6.08 Å². The third-order valence-corrected chi connectivity index (χ3v) is 9.58. The molecule has 0 amide bonds. The van der Waals surface area contributed by atoms with Gasteiger partial charge in [-0.25, -0.2) is 0 Å². The molecule has 0 aromatic heterocycles. The summed E-state index contributed by atoms with van der Waals surface area (Å²) in [7, 11) is 1.72. The Morgan fingerprint density at radius 2 is 1.92 bits per heavy atom. The molecule has 3 aliphatic heterocycles. The van der Waals surface area contributed by atoms with Gasteiger partial charge in [-0.05, 0) is 49.7 Å². The molecule has 3 saturated heterocycles. The smallest absolute Gasteiger partial charge is 0.181 e. The van der Waals surface area contributed by atoms with Gasteiger partial charge in [0.05, 0.1) is 18.8 Å². The summed E-state index contributed by atoms with van der Waals surface area (Å²) in [6, 6.07) is 0. The third kappa shape index (κ3) is 3.49. The van der Waals surface area contributed by atoms with Crippen molar-refractivity contribution in [2.75, 3.05) is 31.8 Å². The van der Waals surface area contributed by atoms with Crippen LogP contribution in [0.15, 0.2) is 11.6 Å². The van der Waals surface area contributed by atoms with Gasteiger partial charge >= 0.3 is 0 Å². The average Bonchev–Trinajstić information content (AvgIpc) is 3.13. The normalized spacial score (nSPS) is 37.7. The number of hydrogen-bond donors (Lipinski definition) is 1. The van der Waals surface area contributed by atoms with E-state index in [9.17, 15) is 5.11 Å². The number of aliphatic hydroxyl groups excluding tert-OH is 1. The molecule has 148 valence electrons. The molecule has 3 heterocycles. The average molecular weight is 403 g/mol. The zero-order chi connectivity index (χ0) is 18.3. The fraction of sp³-hybridized carbons (Fsp3) is 0.895. The Morgan fingerprint density at radius 1 is 1.19 bits per heavy atom. The summed E-state index contributed by atoms with van der Waals surface area (Å²) in [5, 5.41) is 11.1. The zero-order valence-electron chi connectivity index (χ0n) is 15.7. The Labute approximate surface area is 164 Å². The first-order chi connectivity index (χ1) is 12.5. The van der Waals surface area contributed by atoms with Crippen molar-refractivity contribution in [1.82, 2.24) is 0 Å². The molecule has 0 aromatic rings. The second-order valence-corrected chi connectivity index (χ2v) is 11.0. The van der Waals surface area contributed by atoms with E-state index in [1.165, 1.54) is 6.42 Å². The number of ether oxygens (including phenoxy) is 4. The maximum atomic E-state index is 11.1. The second kappa shape index (κ2) is 7.58. The van der Waals surface area contributed by atoms with Crippen LogP contribution in [0.3, 0.4) is 0 Å². The summed E-state index contributed by atoms with van der Waals surface area (Å²) in [4.78, 5) is 0. The fourth-order valence-electron chi connectivity index (χ4n) is 4.46. The van der Waals surface area contributed by atoms with Crippen LogP contribution in [0, 0.1) is 0 Å². The van der Waals surface area contributed by atoms with Gasteiger partial charge in [0.1, 0.15) is 10.2 Å². The van der Waals surface area contributed by atoms with Crippen LogP contribution in [-0.4, -0.2) is 64.8 Å². The highest BCUT2D eigenvalue weighted by atomic mass is 32.2. The first-order valence-electron chi connectivity index (χ1n) is 9.64. The molecule has 0 unspecified atom stereocenters. The molecule has 4 rings (SSSR count). The summed E-state index contributed by atoms with van der Waals surface area (Å²) >= 11 is 3.93. The van der Waals surface area contributed by atoms with E-state index in [-0.39, 0.29) is 10.4 Å². The SMILES string of the molecule is CO[C@H]1O[C@](C)([C@H](O)C2=CCC3(CC2)OCCO3)CCC12SCCCS2. The maximum Gasteiger partial charge on any atom is 0.181 e. The first kappa shape index (κ1) is 19.6. The molecule has 3 fully saturated rings. The molecule has 5 nitrogen and oxygen atoms in total. The van der Waals surface area contributed by atoms with Gasteiger partial charge in [0, 0.05) is 20.0 Å². The molecule has 2 spiro atoms. The van der Waals surface area contributed by atoms with E-state index >= 15 is 0 Å². The lowest BCUT2D eigenvalue weighted by Gasteiger charge is -2.52. The van der Waals surface area contributed by atoms with Gasteiger partial charge in [-0.3, -0.25) is 0 Å². The number of methoxy groups -OCH3 is 1. The molecular weight excluding hydrogens is 372 g/mol. The van der Waals surface area contributed by atoms with Crippen LogP contribution in [-0.2, 0) is 18.9 Å². The highest BCUT2D eigenvalue weighted by Crippen LogP contribution is 2.54. The van der Waals surface area contributed by atoms with E-state index in [1.54, 1.807) is 7.11 Å². The predicted octanol–water partition coefficient (Wildman–Crippen LogP) is 3.31. The van der Waals surface area contributed by atoms with E-state index in [0.717, 1.165) is 42.8 Å². The van der Waals surface area contributed by atoms with E-state index in [0.29, 0.717) is 19.6 Å². The number of rotatable bonds is 3. The highest BCUT2D eigenvalue weighted by molar-refractivity contribution is 8.18. The molecule has 0 aromatic carbocycles. The Hall–Kier alpha value is 0.240. The van der Waals surface area contributed by atoms with E-state index in [4.69, 9.17) is 18.9 Å². The summed E-state index contributed by atoms with van der Waals surface area (Å²) in [5.74, 6) is 1.86. The van der Waals surface area contributed by atoms with Crippen molar-refractivity contribution < 1.29 is 24.1 Å². The molecule has 3 atom stereocenters. The van der Waals surface area contributed by atoms with Gasteiger partial charge in [-0.15, -0.1) is 23.5 Å². The number of thioether (sulfide) groups is 2. The van der Waals surface area contributed by atoms with Crippen LogP contribution >= 0.6 is 23.5 Å². The maximum absolute atomic E-state index is 11.1. The van der Waals surface area contributed by atoms with Crippen molar-refractivity contribution in [3.63, 3.8) is 0 Å². The minimum absolute atomic E-state index is 0.0250. The van der Waals surface area contributed by atoms with Gasteiger partial charge < -0.3 is 24.1 Å². The summed E-state index contributed by atoms with van der Waals surface area (Å²) in [6.45, 7) is 3.36. The quantitative estimate of drug-likeness (QED) is 0.727. The molecule has 0 saturated carbocycles. The lowest BCUT2D eigenvalue weighted by atomic mass is 9.81. The van der Waals surface area contributed by atoms with Crippen molar-refractivity contribution in [3.05, 3.63) is 11.6 Å². The second-order valence-electron chi connectivity index (χ2n) is 7.85. The van der Waals surface area contributed by atoms with E-state index < -0.39 is 17.5 Å². The summed E-state index contributed by atoms with van der Waals surface area (Å²) < 4.78 is 23.7. The minimum Gasteiger partial charge on any atom is -0.386 e. The van der Waals surface area contributed by atoms with Gasteiger partial charge in [0.15, 0.2) is 12.1 Å². The van der Waals surface area contributed by atoms with Crippen molar-refractivity contribution in [1.29, 1.82) is 0 Å².